The Hall–Kier alpha value is -1.34. The molecule has 18 heavy (non-hydrogen) atoms. The number of hydrogen-bond donors (Lipinski definition) is 2. The molecule has 6 nitrogen and oxygen atoms in total. The van der Waals surface area contributed by atoms with Gasteiger partial charge in [-0.3, -0.25) is 4.79 Å². The molecule has 0 aliphatic carbocycles. The third kappa shape index (κ3) is 3.11. The third-order valence-corrected chi connectivity index (χ3v) is 3.85. The number of thiazole rings is 1. The Morgan fingerprint density at radius 3 is 2.61 bits per heavy atom. The summed E-state index contributed by atoms with van der Waals surface area (Å²) in [5.74, 6) is 0.0917. The monoisotopic (exact) mass is 272 g/mol. The van der Waals surface area contributed by atoms with Crippen LogP contribution in [0.15, 0.2) is 0 Å². The summed E-state index contributed by atoms with van der Waals surface area (Å²) in [6.07, 6.45) is 0. The molecule has 1 amide bonds. The Labute approximate surface area is 111 Å². The van der Waals surface area contributed by atoms with Gasteiger partial charge in [0.1, 0.15) is 10.7 Å². The second-order valence-corrected chi connectivity index (χ2v) is 4.81. The van der Waals surface area contributed by atoms with E-state index in [2.05, 4.69) is 4.98 Å². The number of hydrogen-bond acceptors (Lipinski definition) is 6. The van der Waals surface area contributed by atoms with Crippen molar-refractivity contribution in [2.45, 2.75) is 13.8 Å². The standard InChI is InChI=1S/C11H20N4O2S/c1-4-14(3)11-13-9(12)8(18-11)10(17)15(5-2)6-7-16/h16H,4-7,12H2,1-3H3. The first-order valence-electron chi connectivity index (χ1n) is 5.92. The highest BCUT2D eigenvalue weighted by molar-refractivity contribution is 7.18. The molecule has 0 aliphatic rings. The minimum atomic E-state index is -0.169. The van der Waals surface area contributed by atoms with E-state index in [4.69, 9.17) is 10.8 Å². The molecule has 1 rings (SSSR count). The molecule has 102 valence electrons. The van der Waals surface area contributed by atoms with Gasteiger partial charge >= 0.3 is 0 Å². The van der Waals surface area contributed by atoms with Crippen molar-refractivity contribution in [3.8, 4) is 0 Å². The summed E-state index contributed by atoms with van der Waals surface area (Å²) < 4.78 is 0. The van der Waals surface area contributed by atoms with Crippen LogP contribution in [0.5, 0.6) is 0 Å². The van der Waals surface area contributed by atoms with Crippen molar-refractivity contribution in [2.24, 2.45) is 0 Å². The molecule has 0 fully saturated rings. The fourth-order valence-electron chi connectivity index (χ4n) is 1.44. The molecule has 1 aromatic heterocycles. The number of anilines is 2. The molecule has 7 heteroatoms. The average Bonchev–Trinajstić information content (AvgIpc) is 2.76. The Kier molecular flexibility index (Phi) is 5.36. The molecular weight excluding hydrogens is 252 g/mol. The lowest BCUT2D eigenvalue weighted by Crippen LogP contribution is -2.33. The zero-order chi connectivity index (χ0) is 13.7. The smallest absolute Gasteiger partial charge is 0.267 e. The van der Waals surface area contributed by atoms with Crippen LogP contribution >= 0.6 is 11.3 Å². The lowest BCUT2D eigenvalue weighted by atomic mass is 10.4. The summed E-state index contributed by atoms with van der Waals surface area (Å²) in [6, 6.07) is 0. The van der Waals surface area contributed by atoms with Crippen molar-refractivity contribution in [3.05, 3.63) is 4.88 Å². The van der Waals surface area contributed by atoms with Gasteiger partial charge in [0.25, 0.3) is 5.91 Å². The van der Waals surface area contributed by atoms with Gasteiger partial charge < -0.3 is 20.6 Å². The largest absolute Gasteiger partial charge is 0.395 e. The van der Waals surface area contributed by atoms with Crippen LogP contribution in [0.2, 0.25) is 0 Å². The van der Waals surface area contributed by atoms with Crippen molar-refractivity contribution >= 4 is 28.2 Å². The second kappa shape index (κ2) is 6.55. The number of aliphatic hydroxyl groups is 1. The molecule has 0 radical (unpaired) electrons. The van der Waals surface area contributed by atoms with Gasteiger partial charge in [-0.2, -0.15) is 0 Å². The number of rotatable bonds is 6. The molecule has 0 saturated heterocycles. The lowest BCUT2D eigenvalue weighted by molar-refractivity contribution is 0.0737. The Morgan fingerprint density at radius 1 is 1.44 bits per heavy atom. The van der Waals surface area contributed by atoms with E-state index in [1.807, 2.05) is 25.8 Å². The van der Waals surface area contributed by atoms with Crippen LogP contribution < -0.4 is 10.6 Å². The lowest BCUT2D eigenvalue weighted by Gasteiger charge is -2.18. The average molecular weight is 272 g/mol. The quantitative estimate of drug-likeness (QED) is 0.794. The number of nitrogen functional groups attached to an aromatic ring is 1. The maximum absolute atomic E-state index is 12.2. The van der Waals surface area contributed by atoms with Gasteiger partial charge in [-0.1, -0.05) is 11.3 Å². The topological polar surface area (TPSA) is 82.7 Å². The minimum Gasteiger partial charge on any atom is -0.395 e. The van der Waals surface area contributed by atoms with Crippen molar-refractivity contribution in [2.75, 3.05) is 43.9 Å². The van der Waals surface area contributed by atoms with Gasteiger partial charge in [-0.25, -0.2) is 4.98 Å². The van der Waals surface area contributed by atoms with E-state index < -0.39 is 0 Å². The van der Waals surface area contributed by atoms with Crippen LogP contribution in [0, 0.1) is 0 Å². The van der Waals surface area contributed by atoms with E-state index in [9.17, 15) is 4.79 Å². The van der Waals surface area contributed by atoms with Gasteiger partial charge in [0.05, 0.1) is 6.61 Å². The summed E-state index contributed by atoms with van der Waals surface area (Å²) in [4.78, 5) is 20.3. The molecule has 0 aliphatic heterocycles. The maximum Gasteiger partial charge on any atom is 0.267 e. The number of carbonyl (C=O) groups is 1. The number of amides is 1. The zero-order valence-electron chi connectivity index (χ0n) is 11.0. The number of nitrogens with zero attached hydrogens (tertiary/aromatic N) is 3. The number of nitrogens with two attached hydrogens (primary N) is 1. The summed E-state index contributed by atoms with van der Waals surface area (Å²) in [5, 5.41) is 9.65. The normalized spacial score (nSPS) is 10.4. The van der Waals surface area contributed by atoms with E-state index in [1.54, 1.807) is 4.90 Å². The summed E-state index contributed by atoms with van der Waals surface area (Å²) in [7, 11) is 1.90. The van der Waals surface area contributed by atoms with Crippen LogP contribution in [-0.4, -0.2) is 54.2 Å². The first-order valence-corrected chi connectivity index (χ1v) is 6.74. The predicted molar refractivity (Wildman–Crippen MR) is 74.1 cm³/mol. The molecule has 0 saturated carbocycles. The Bertz CT molecular complexity index is 408. The maximum atomic E-state index is 12.2. The van der Waals surface area contributed by atoms with E-state index in [0.29, 0.717) is 18.0 Å². The van der Waals surface area contributed by atoms with E-state index in [-0.39, 0.29) is 18.3 Å². The van der Waals surface area contributed by atoms with E-state index in [1.165, 1.54) is 11.3 Å². The highest BCUT2D eigenvalue weighted by atomic mass is 32.1. The number of carbonyl (C=O) groups excluding carboxylic acids is 1. The van der Waals surface area contributed by atoms with Gasteiger partial charge in [0, 0.05) is 26.7 Å². The van der Waals surface area contributed by atoms with Gasteiger partial charge in [0.15, 0.2) is 5.13 Å². The second-order valence-electron chi connectivity index (χ2n) is 3.83. The summed E-state index contributed by atoms with van der Waals surface area (Å²) in [5.41, 5.74) is 5.79. The van der Waals surface area contributed by atoms with Crippen LogP contribution in [-0.2, 0) is 0 Å². The molecule has 3 N–H and O–H groups in total. The number of aliphatic hydroxyl groups excluding tert-OH is 1. The SMILES string of the molecule is CCN(CCO)C(=O)c1sc(N(C)CC)nc1N. The molecule has 0 unspecified atom stereocenters. The zero-order valence-corrected chi connectivity index (χ0v) is 11.8. The molecular formula is C11H20N4O2S. The number of aromatic nitrogens is 1. The fraction of sp³-hybridized carbons (Fsp3) is 0.636. The van der Waals surface area contributed by atoms with Crippen molar-refractivity contribution in [1.82, 2.24) is 9.88 Å². The molecule has 0 bridgehead atoms. The fourth-order valence-corrected chi connectivity index (χ4v) is 2.42. The summed E-state index contributed by atoms with van der Waals surface area (Å²) in [6.45, 7) is 5.46. The predicted octanol–water partition coefficient (Wildman–Crippen LogP) is 0.636. The van der Waals surface area contributed by atoms with Crippen molar-refractivity contribution < 1.29 is 9.90 Å². The first kappa shape index (κ1) is 14.7. The van der Waals surface area contributed by atoms with Crippen LogP contribution in [0.3, 0.4) is 0 Å². The molecule has 1 heterocycles. The molecule has 1 aromatic rings. The highest BCUT2D eigenvalue weighted by Gasteiger charge is 2.21. The van der Waals surface area contributed by atoms with Crippen molar-refractivity contribution in [1.29, 1.82) is 0 Å². The molecule has 0 atom stereocenters. The minimum absolute atomic E-state index is 0.0555. The van der Waals surface area contributed by atoms with E-state index >= 15 is 0 Å². The molecule has 0 spiro atoms. The molecule has 0 aromatic carbocycles. The number of likely N-dealkylation sites (N-methyl/N-ethyl adjacent to an activating group) is 1. The van der Waals surface area contributed by atoms with Gasteiger partial charge in [0.2, 0.25) is 0 Å². The van der Waals surface area contributed by atoms with E-state index in [0.717, 1.165) is 11.7 Å². The van der Waals surface area contributed by atoms with Crippen LogP contribution in [0.25, 0.3) is 0 Å². The third-order valence-electron chi connectivity index (χ3n) is 2.68. The van der Waals surface area contributed by atoms with Crippen LogP contribution in [0.1, 0.15) is 23.5 Å². The van der Waals surface area contributed by atoms with Gasteiger partial charge in [-0.15, -0.1) is 0 Å². The first-order chi connectivity index (χ1) is 8.54. The summed E-state index contributed by atoms with van der Waals surface area (Å²) >= 11 is 1.29. The highest BCUT2D eigenvalue weighted by Crippen LogP contribution is 2.28. The Morgan fingerprint density at radius 2 is 2.11 bits per heavy atom. The van der Waals surface area contributed by atoms with Crippen molar-refractivity contribution in [3.63, 3.8) is 0 Å². The van der Waals surface area contributed by atoms with Gasteiger partial charge in [-0.05, 0) is 13.8 Å². The Balaban J connectivity index is 2.95. The van der Waals surface area contributed by atoms with Crippen LogP contribution in [0.4, 0.5) is 10.9 Å².